The maximum Gasteiger partial charge on any atom is 0.340 e. The summed E-state index contributed by atoms with van der Waals surface area (Å²) in [7, 11) is 6.12. The molecule has 21 heteroatoms. The zero-order valence-electron chi connectivity index (χ0n) is 36.0. The summed E-state index contributed by atoms with van der Waals surface area (Å²) in [6, 6.07) is 17.0. The average Bonchev–Trinajstić information content (AvgIpc) is 3.32. The summed E-state index contributed by atoms with van der Waals surface area (Å²) in [5.74, 6) is -8.26. The Morgan fingerprint density at radius 2 is 0.687 bits per heavy atom. The minimum Gasteiger partial charge on any atom is -0.504 e. The summed E-state index contributed by atoms with van der Waals surface area (Å²) in [4.78, 5) is 69.9. The molecule has 21 nitrogen and oxygen atoms in total. The normalized spacial score (nSPS) is 17.5. The third-order valence-electron chi connectivity index (χ3n) is 10.00. The van der Waals surface area contributed by atoms with E-state index in [9.17, 15) is 49.5 Å². The van der Waals surface area contributed by atoms with Gasteiger partial charge in [-0.3, -0.25) is 0 Å². The van der Waals surface area contributed by atoms with E-state index in [0.717, 1.165) is 84.9 Å². The van der Waals surface area contributed by atoms with Crippen LogP contribution in [0.15, 0.2) is 91.0 Å². The van der Waals surface area contributed by atoms with Crippen LogP contribution in [0.3, 0.4) is 0 Å². The van der Waals surface area contributed by atoms with Crippen LogP contribution in [0.4, 0.5) is 0 Å². The van der Waals surface area contributed by atoms with Gasteiger partial charge in [-0.25, -0.2) is 24.0 Å². The lowest BCUT2D eigenvalue weighted by atomic mass is 9.97. The number of esters is 5. The van der Waals surface area contributed by atoms with Gasteiger partial charge in [0.2, 0.25) is 12.4 Å². The molecular weight excluding hydrogens is 888 g/mol. The second kappa shape index (κ2) is 20.9. The standard InChI is InChI=1S/C46H42O21/c1-57-32-16-22(6-11-27(32)47)41(52)62-21-37-38(64-42(53)23-7-12-28(48)33(17-23)58-2)39(65-43(54)24-8-13-29(49)34(18-24)59-3)40(66-44(55)25-9-14-30(50)35(19-25)60-4)46(63-37)67-45(56)26-10-15-31(51)36(20-26)61-5/h6-20,37-40,46-51H,21H2,1-5H3/t37-,38-,39+,40-,46+/m1/s1. The molecule has 1 aliphatic heterocycles. The molecule has 5 N–H and O–H groups in total. The molecule has 0 aliphatic carbocycles. The second-order valence-electron chi connectivity index (χ2n) is 14.1. The van der Waals surface area contributed by atoms with Crippen LogP contribution >= 0.6 is 0 Å². The van der Waals surface area contributed by atoms with Gasteiger partial charge in [0, 0.05) is 0 Å². The number of phenolic OH excluding ortho intramolecular Hbond substituents is 5. The zero-order valence-corrected chi connectivity index (χ0v) is 36.0. The topological polar surface area (TPSA) is 288 Å². The molecule has 1 fully saturated rings. The summed E-state index contributed by atoms with van der Waals surface area (Å²) >= 11 is 0. The average molecular weight is 931 g/mol. The van der Waals surface area contributed by atoms with Gasteiger partial charge in [-0.1, -0.05) is 0 Å². The van der Waals surface area contributed by atoms with Crippen LogP contribution in [0.1, 0.15) is 51.8 Å². The van der Waals surface area contributed by atoms with Gasteiger partial charge in [0.05, 0.1) is 63.4 Å². The fourth-order valence-electron chi connectivity index (χ4n) is 6.52. The molecular formula is C46H42O21. The molecule has 0 radical (unpaired) electrons. The summed E-state index contributed by atoms with van der Waals surface area (Å²) in [6.45, 7) is -0.878. The molecule has 0 spiro atoms. The van der Waals surface area contributed by atoms with Gasteiger partial charge in [0.1, 0.15) is 12.7 Å². The number of ether oxygens (including phenoxy) is 11. The van der Waals surface area contributed by atoms with Crippen molar-refractivity contribution in [3.63, 3.8) is 0 Å². The predicted molar refractivity (Wildman–Crippen MR) is 225 cm³/mol. The number of carbonyl (C=O) groups excluding carboxylic acids is 5. The van der Waals surface area contributed by atoms with Crippen LogP contribution in [0.5, 0.6) is 57.5 Å². The van der Waals surface area contributed by atoms with Crippen LogP contribution in [0.2, 0.25) is 0 Å². The Morgan fingerprint density at radius 3 is 1.01 bits per heavy atom. The number of hydrogen-bond acceptors (Lipinski definition) is 21. The Bertz CT molecular complexity index is 2660. The molecule has 0 saturated carbocycles. The van der Waals surface area contributed by atoms with Gasteiger partial charge in [0.25, 0.3) is 0 Å². The van der Waals surface area contributed by atoms with E-state index < -0.39 is 67.2 Å². The van der Waals surface area contributed by atoms with Crippen LogP contribution in [0, 0.1) is 0 Å². The van der Waals surface area contributed by atoms with Crippen molar-refractivity contribution in [3.8, 4) is 57.5 Å². The summed E-state index contributed by atoms with van der Waals surface area (Å²) < 4.78 is 61.2. The first-order valence-corrected chi connectivity index (χ1v) is 19.6. The van der Waals surface area contributed by atoms with E-state index >= 15 is 0 Å². The van der Waals surface area contributed by atoms with Gasteiger partial charge in [0.15, 0.2) is 69.7 Å². The highest BCUT2D eigenvalue weighted by Gasteiger charge is 2.55. The number of methoxy groups -OCH3 is 5. The molecule has 5 atom stereocenters. The molecule has 67 heavy (non-hydrogen) atoms. The molecule has 5 aromatic rings. The second-order valence-corrected chi connectivity index (χ2v) is 14.1. The van der Waals surface area contributed by atoms with Crippen molar-refractivity contribution in [2.24, 2.45) is 0 Å². The SMILES string of the molecule is COc1cc(C(=O)OC[C@H]2O[C@@H](OC(=O)c3ccc(O)c(OC)c3)[C@H](OC(=O)c3ccc(O)c(OC)c3)[C@@H](OC(=O)c3ccc(O)c(OC)c3)[C@@H]2OC(=O)c2ccc(O)c(OC)c2)ccc1O. The number of phenols is 5. The first-order valence-electron chi connectivity index (χ1n) is 19.6. The molecule has 0 bridgehead atoms. The molecule has 5 aromatic carbocycles. The Kier molecular flexibility index (Phi) is 15.0. The first-order chi connectivity index (χ1) is 32.1. The highest BCUT2D eigenvalue weighted by molar-refractivity contribution is 5.93. The minimum absolute atomic E-state index is 0.0916. The fourth-order valence-corrected chi connectivity index (χ4v) is 6.52. The molecule has 6 rings (SSSR count). The van der Waals surface area contributed by atoms with Gasteiger partial charge in [-0.15, -0.1) is 0 Å². The highest BCUT2D eigenvalue weighted by atomic mass is 16.7. The maximum absolute atomic E-state index is 14.2. The van der Waals surface area contributed by atoms with Crippen molar-refractivity contribution >= 4 is 29.8 Å². The van der Waals surface area contributed by atoms with Crippen LogP contribution in [-0.4, -0.2) is 128 Å². The van der Waals surface area contributed by atoms with E-state index in [1.54, 1.807) is 0 Å². The Balaban J connectivity index is 1.50. The van der Waals surface area contributed by atoms with Gasteiger partial charge in [-0.2, -0.15) is 0 Å². The molecule has 1 aliphatic rings. The molecule has 352 valence electrons. The number of rotatable bonds is 16. The van der Waals surface area contributed by atoms with Crippen LogP contribution in [0.25, 0.3) is 0 Å². The molecule has 1 heterocycles. The Morgan fingerprint density at radius 1 is 0.403 bits per heavy atom. The molecule has 1 saturated heterocycles. The largest absolute Gasteiger partial charge is 0.504 e. The van der Waals surface area contributed by atoms with Crippen molar-refractivity contribution in [2.75, 3.05) is 42.2 Å². The van der Waals surface area contributed by atoms with Crippen molar-refractivity contribution in [1.29, 1.82) is 0 Å². The maximum atomic E-state index is 14.2. The monoisotopic (exact) mass is 930 g/mol. The van der Waals surface area contributed by atoms with Gasteiger partial charge < -0.3 is 77.6 Å². The summed E-state index contributed by atoms with van der Waals surface area (Å²) in [5, 5.41) is 51.1. The number of hydrogen-bond donors (Lipinski definition) is 5. The Labute approximate surface area is 380 Å². The van der Waals surface area contributed by atoms with Crippen molar-refractivity contribution in [3.05, 3.63) is 119 Å². The lowest BCUT2D eigenvalue weighted by Gasteiger charge is -2.43. The highest BCUT2D eigenvalue weighted by Crippen LogP contribution is 2.36. The van der Waals surface area contributed by atoms with E-state index in [-0.39, 0.29) is 85.3 Å². The van der Waals surface area contributed by atoms with E-state index in [4.69, 9.17) is 52.1 Å². The zero-order chi connectivity index (χ0) is 48.5. The van der Waals surface area contributed by atoms with E-state index in [1.165, 1.54) is 41.6 Å². The molecule has 0 amide bonds. The van der Waals surface area contributed by atoms with Crippen molar-refractivity contribution in [1.82, 2.24) is 0 Å². The minimum atomic E-state index is -2.14. The van der Waals surface area contributed by atoms with Crippen LogP contribution < -0.4 is 23.7 Å². The Hall–Kier alpha value is -8.59. The van der Waals surface area contributed by atoms with Gasteiger partial charge >= 0.3 is 29.8 Å². The van der Waals surface area contributed by atoms with Gasteiger partial charge in [-0.05, 0) is 91.0 Å². The van der Waals surface area contributed by atoms with Crippen LogP contribution in [-0.2, 0) is 28.4 Å². The molecule has 0 unspecified atom stereocenters. The lowest BCUT2D eigenvalue weighted by Crippen LogP contribution is -2.63. The third-order valence-corrected chi connectivity index (χ3v) is 10.00. The number of aromatic hydroxyl groups is 5. The summed E-state index contributed by atoms with van der Waals surface area (Å²) in [6.07, 6.45) is -10.1. The van der Waals surface area contributed by atoms with Crippen molar-refractivity contribution in [2.45, 2.75) is 30.7 Å². The quantitative estimate of drug-likeness (QED) is 0.0663. The number of carbonyl (C=O) groups is 5. The van der Waals surface area contributed by atoms with E-state index in [0.29, 0.717) is 0 Å². The summed E-state index contributed by atoms with van der Waals surface area (Å²) in [5.41, 5.74) is -1.15. The molecule has 0 aromatic heterocycles. The smallest absolute Gasteiger partial charge is 0.340 e. The third kappa shape index (κ3) is 10.9. The predicted octanol–water partition coefficient (Wildman–Crippen LogP) is 4.67. The fraction of sp³-hybridized carbons (Fsp3) is 0.239. The van der Waals surface area contributed by atoms with E-state index in [1.807, 2.05) is 0 Å². The first kappa shape index (κ1) is 47.9. The van der Waals surface area contributed by atoms with Crippen molar-refractivity contribution < 1.29 is 102 Å². The van der Waals surface area contributed by atoms with E-state index in [2.05, 4.69) is 0 Å². The lowest BCUT2D eigenvalue weighted by molar-refractivity contribution is -0.282. The number of benzene rings is 5.